The molecule has 1 aliphatic heterocycles. The molecule has 1 aliphatic carbocycles. The van der Waals surface area contributed by atoms with Crippen LogP contribution in [-0.2, 0) is 0 Å². The number of rotatable bonds is 1. The van der Waals surface area contributed by atoms with Crippen LogP contribution in [0.4, 0.5) is 4.79 Å². The molecule has 0 aromatic heterocycles. The summed E-state index contributed by atoms with van der Waals surface area (Å²) in [5, 5.41) is 9.13. The van der Waals surface area contributed by atoms with Gasteiger partial charge in [0.1, 0.15) is 11.2 Å². The molecule has 0 saturated heterocycles. The number of hydrogen-bond acceptors (Lipinski definition) is 5. The zero-order valence-corrected chi connectivity index (χ0v) is 10.5. The van der Waals surface area contributed by atoms with Gasteiger partial charge in [0.2, 0.25) is 0 Å². The Labute approximate surface area is 116 Å². The number of halogens is 1. The van der Waals surface area contributed by atoms with E-state index in [0.717, 1.165) is 6.07 Å². The van der Waals surface area contributed by atoms with Crippen LogP contribution in [0.3, 0.4) is 0 Å². The Kier molecular flexibility index (Phi) is 2.80. The molecule has 1 heterocycles. The highest BCUT2D eigenvalue weighted by Gasteiger charge is 2.18. The minimum Gasteiger partial charge on any atom is -0.453 e. The minimum absolute atomic E-state index is 0.141. The third kappa shape index (κ3) is 2.17. The molecule has 0 spiro atoms. The number of fused-ring (bicyclic) bond motifs is 2. The molecule has 0 fully saturated rings. The Balaban J connectivity index is 2.35. The number of carbonyl (C=O) groups is 1. The highest BCUT2D eigenvalue weighted by Crippen LogP contribution is 2.32. The van der Waals surface area contributed by atoms with E-state index in [9.17, 15) is 9.59 Å². The molecule has 1 aromatic rings. The van der Waals surface area contributed by atoms with Crippen LogP contribution in [0.2, 0.25) is 5.02 Å². The first-order valence-corrected chi connectivity index (χ1v) is 5.86. The molecule has 20 heavy (non-hydrogen) atoms. The van der Waals surface area contributed by atoms with Gasteiger partial charge in [-0.05, 0) is 18.2 Å². The zero-order chi connectivity index (χ0) is 14.3. The zero-order valence-electron chi connectivity index (χ0n) is 9.79. The summed E-state index contributed by atoms with van der Waals surface area (Å²) in [5.74, 6) is -0.0332. The Morgan fingerprint density at radius 2 is 2.10 bits per heavy atom. The van der Waals surface area contributed by atoms with E-state index < -0.39 is 11.6 Å². The second kappa shape index (κ2) is 4.50. The smallest absolute Gasteiger partial charge is 0.453 e. The van der Waals surface area contributed by atoms with Gasteiger partial charge >= 0.3 is 6.16 Å². The fraction of sp³-hybridized carbons (Fsp3) is 0. The summed E-state index contributed by atoms with van der Waals surface area (Å²) in [6, 6.07) is 7.05. The monoisotopic (exact) mass is 291 g/mol. The van der Waals surface area contributed by atoms with Gasteiger partial charge in [0.05, 0.1) is 0 Å². The molecule has 0 atom stereocenters. The minimum atomic E-state index is -1.54. The maximum absolute atomic E-state index is 11.5. The Morgan fingerprint density at radius 3 is 2.85 bits per heavy atom. The van der Waals surface area contributed by atoms with Crippen molar-refractivity contribution in [1.29, 1.82) is 0 Å². The first-order valence-electron chi connectivity index (χ1n) is 5.48. The van der Waals surface area contributed by atoms with Gasteiger partial charge in [-0.2, -0.15) is 0 Å². The Hall–Kier alpha value is -2.60. The summed E-state index contributed by atoms with van der Waals surface area (Å²) >= 11 is 5.86. The predicted molar refractivity (Wildman–Crippen MR) is 70.6 cm³/mol. The van der Waals surface area contributed by atoms with Crippen LogP contribution in [-0.4, -0.2) is 16.2 Å². The highest BCUT2D eigenvalue weighted by molar-refractivity contribution is 6.31. The average molecular weight is 292 g/mol. The van der Waals surface area contributed by atoms with Crippen molar-refractivity contribution < 1.29 is 19.1 Å². The van der Waals surface area contributed by atoms with Crippen molar-refractivity contribution in [3.63, 3.8) is 0 Å². The number of hydrogen-bond donors (Lipinski definition) is 1. The van der Waals surface area contributed by atoms with Crippen LogP contribution in [0.5, 0.6) is 5.75 Å². The lowest BCUT2D eigenvalue weighted by atomic mass is 10.2. The van der Waals surface area contributed by atoms with E-state index >= 15 is 0 Å². The van der Waals surface area contributed by atoms with E-state index in [4.69, 9.17) is 21.1 Å². The van der Waals surface area contributed by atoms with E-state index in [1.54, 1.807) is 18.2 Å². The van der Waals surface area contributed by atoms with E-state index in [0.29, 0.717) is 16.1 Å². The third-order valence-electron chi connectivity index (χ3n) is 2.58. The molecule has 2 aliphatic rings. The van der Waals surface area contributed by atoms with Crippen molar-refractivity contribution in [2.45, 2.75) is 0 Å². The molecular formula is C13H6ClNO5. The fourth-order valence-electron chi connectivity index (χ4n) is 1.82. The molecule has 100 valence electrons. The van der Waals surface area contributed by atoms with Crippen LogP contribution in [0.1, 0.15) is 0 Å². The van der Waals surface area contributed by atoms with Crippen LogP contribution >= 0.6 is 11.6 Å². The van der Waals surface area contributed by atoms with Gasteiger partial charge in [-0.25, -0.2) is 9.78 Å². The number of aromatic nitrogens is 1. The van der Waals surface area contributed by atoms with E-state index in [1.165, 1.54) is 6.07 Å². The third-order valence-corrected chi connectivity index (χ3v) is 2.82. The lowest BCUT2D eigenvalue weighted by Gasteiger charge is -2.09. The summed E-state index contributed by atoms with van der Waals surface area (Å²) in [4.78, 5) is 26.4. The van der Waals surface area contributed by atoms with Crippen LogP contribution < -0.4 is 10.2 Å². The predicted octanol–water partition coefficient (Wildman–Crippen LogP) is 3.00. The first kappa shape index (κ1) is 12.4. The Bertz CT molecular complexity index is 857. The van der Waals surface area contributed by atoms with Gasteiger partial charge in [-0.1, -0.05) is 11.6 Å². The first-order chi connectivity index (χ1) is 9.52. The number of benzene rings is 2. The lowest BCUT2D eigenvalue weighted by Crippen LogP contribution is -2.09. The molecule has 1 aromatic carbocycles. The van der Waals surface area contributed by atoms with Crippen molar-refractivity contribution in [1.82, 2.24) is 4.98 Å². The standard InChI is InChI=1S/C13H6ClNO5/c14-6-1-2-9-8(3-6)15-12-10(19-9)4-7(16)5-11(12)20-13(17)18/h1-5H,(H,17,18). The number of ether oxygens (including phenoxy) is 1. The molecule has 6 nitrogen and oxygen atoms in total. The average Bonchev–Trinajstić information content (AvgIpc) is 2.36. The van der Waals surface area contributed by atoms with Crippen LogP contribution in [0.15, 0.2) is 39.5 Å². The fourth-order valence-corrected chi connectivity index (χ4v) is 1.99. The largest absolute Gasteiger partial charge is 0.511 e. The molecule has 0 unspecified atom stereocenters. The quantitative estimate of drug-likeness (QED) is 0.421. The molecule has 0 bridgehead atoms. The lowest BCUT2D eigenvalue weighted by molar-refractivity contribution is 0.144. The van der Waals surface area contributed by atoms with Crippen molar-refractivity contribution in [2.24, 2.45) is 0 Å². The van der Waals surface area contributed by atoms with Crippen LogP contribution in [0.25, 0.3) is 22.6 Å². The highest BCUT2D eigenvalue weighted by atomic mass is 35.5. The van der Waals surface area contributed by atoms with E-state index in [2.05, 4.69) is 9.72 Å². The molecule has 3 rings (SSSR count). The number of carboxylic acid groups (broad SMARTS) is 1. The molecule has 0 saturated carbocycles. The summed E-state index contributed by atoms with van der Waals surface area (Å²) < 4.78 is 10.1. The van der Waals surface area contributed by atoms with Crippen molar-refractivity contribution in [2.75, 3.05) is 0 Å². The van der Waals surface area contributed by atoms with Crippen LogP contribution in [0, 0.1) is 0 Å². The molecule has 1 N–H and O–H groups in total. The second-order valence-electron chi connectivity index (χ2n) is 3.96. The molecule has 0 amide bonds. The number of nitrogens with zero attached hydrogens (tertiary/aromatic N) is 1. The molecule has 0 radical (unpaired) electrons. The SMILES string of the molecule is O=C(O)Oc1cc(=O)cc2oc3ccc(Cl)cc3nc1-2. The van der Waals surface area contributed by atoms with Crippen molar-refractivity contribution in [3.05, 3.63) is 45.6 Å². The van der Waals surface area contributed by atoms with Crippen molar-refractivity contribution >= 4 is 28.9 Å². The van der Waals surface area contributed by atoms with E-state index in [-0.39, 0.29) is 17.2 Å². The second-order valence-corrected chi connectivity index (χ2v) is 4.40. The summed E-state index contributed by atoms with van der Waals surface area (Å²) in [6.45, 7) is 0. The summed E-state index contributed by atoms with van der Waals surface area (Å²) in [6.07, 6.45) is -1.54. The van der Waals surface area contributed by atoms with Crippen molar-refractivity contribution in [3.8, 4) is 17.2 Å². The normalized spacial score (nSPS) is 10.8. The maximum Gasteiger partial charge on any atom is 0.511 e. The van der Waals surface area contributed by atoms with E-state index in [1.807, 2.05) is 0 Å². The topological polar surface area (TPSA) is 89.6 Å². The maximum atomic E-state index is 11.5. The van der Waals surface area contributed by atoms with Gasteiger partial charge < -0.3 is 14.3 Å². The summed E-state index contributed by atoms with van der Waals surface area (Å²) in [7, 11) is 0. The van der Waals surface area contributed by atoms with Gasteiger partial charge in [-0.3, -0.25) is 4.79 Å². The molecular weight excluding hydrogens is 286 g/mol. The summed E-state index contributed by atoms with van der Waals surface area (Å²) in [5.41, 5.74) is 0.557. The van der Waals surface area contributed by atoms with Gasteiger partial charge in [-0.15, -0.1) is 0 Å². The molecule has 7 heteroatoms. The Morgan fingerprint density at radius 1 is 1.30 bits per heavy atom. The van der Waals surface area contributed by atoms with Gasteiger partial charge in [0.15, 0.2) is 22.5 Å². The van der Waals surface area contributed by atoms with Gasteiger partial charge in [0, 0.05) is 17.2 Å². The van der Waals surface area contributed by atoms with Gasteiger partial charge in [0.25, 0.3) is 0 Å².